The van der Waals surface area contributed by atoms with Crippen molar-refractivity contribution in [3.63, 3.8) is 0 Å². The minimum atomic E-state index is 0.0991. The normalized spacial score (nSPS) is 12.6. The maximum absolute atomic E-state index is 5.90. The van der Waals surface area contributed by atoms with Crippen LogP contribution >= 0.6 is 15.9 Å². The summed E-state index contributed by atoms with van der Waals surface area (Å²) >= 11 is 3.40. The first-order chi connectivity index (χ1) is 6.19. The maximum atomic E-state index is 5.90. The highest BCUT2D eigenvalue weighted by molar-refractivity contribution is 9.10. The van der Waals surface area contributed by atoms with Crippen LogP contribution in [0.3, 0.4) is 0 Å². The van der Waals surface area contributed by atoms with Gasteiger partial charge in [0, 0.05) is 6.04 Å². The van der Waals surface area contributed by atoms with E-state index < -0.39 is 0 Å². The van der Waals surface area contributed by atoms with Crippen LogP contribution in [0.15, 0.2) is 22.7 Å². The van der Waals surface area contributed by atoms with E-state index in [4.69, 9.17) is 10.5 Å². The topological polar surface area (TPSA) is 35.2 Å². The molecule has 2 N–H and O–H groups in total. The van der Waals surface area contributed by atoms with Crippen LogP contribution in [0.1, 0.15) is 24.9 Å². The van der Waals surface area contributed by atoms with Gasteiger partial charge in [-0.2, -0.15) is 0 Å². The fourth-order valence-electron chi connectivity index (χ4n) is 1.14. The number of hydrogen-bond donors (Lipinski definition) is 1. The molecule has 72 valence electrons. The Bertz CT molecular complexity index is 288. The lowest BCUT2D eigenvalue weighted by atomic mass is 10.1. The summed E-state index contributed by atoms with van der Waals surface area (Å²) in [7, 11) is 1.65. The summed E-state index contributed by atoms with van der Waals surface area (Å²) in [5.74, 6) is 0.835. The first kappa shape index (κ1) is 10.5. The van der Waals surface area contributed by atoms with Crippen LogP contribution in [0.4, 0.5) is 0 Å². The SMILES string of the molecule is CC[C@@H](N)c1ccc(Br)c(OC)c1. The Morgan fingerprint density at radius 3 is 2.77 bits per heavy atom. The van der Waals surface area contributed by atoms with Crippen molar-refractivity contribution in [3.8, 4) is 5.75 Å². The van der Waals surface area contributed by atoms with Gasteiger partial charge >= 0.3 is 0 Å². The highest BCUT2D eigenvalue weighted by atomic mass is 79.9. The average Bonchev–Trinajstić information content (AvgIpc) is 2.17. The van der Waals surface area contributed by atoms with Crippen molar-refractivity contribution in [3.05, 3.63) is 28.2 Å². The summed E-state index contributed by atoms with van der Waals surface area (Å²) < 4.78 is 6.14. The smallest absolute Gasteiger partial charge is 0.133 e. The number of benzene rings is 1. The molecule has 2 nitrogen and oxygen atoms in total. The molecule has 0 saturated carbocycles. The number of nitrogens with two attached hydrogens (primary N) is 1. The van der Waals surface area contributed by atoms with Crippen molar-refractivity contribution in [1.29, 1.82) is 0 Å². The van der Waals surface area contributed by atoms with E-state index >= 15 is 0 Å². The molecule has 13 heavy (non-hydrogen) atoms. The van der Waals surface area contributed by atoms with Gasteiger partial charge in [0.25, 0.3) is 0 Å². The van der Waals surface area contributed by atoms with Gasteiger partial charge < -0.3 is 10.5 Å². The van der Waals surface area contributed by atoms with E-state index in [0.717, 1.165) is 22.2 Å². The molecule has 1 rings (SSSR count). The van der Waals surface area contributed by atoms with E-state index in [1.807, 2.05) is 18.2 Å². The third-order valence-corrected chi connectivity index (χ3v) is 2.70. The Morgan fingerprint density at radius 1 is 1.54 bits per heavy atom. The highest BCUT2D eigenvalue weighted by Gasteiger charge is 2.06. The van der Waals surface area contributed by atoms with Crippen LogP contribution in [0.2, 0.25) is 0 Å². The Labute approximate surface area is 87.2 Å². The first-order valence-electron chi connectivity index (χ1n) is 4.28. The van der Waals surface area contributed by atoms with Gasteiger partial charge in [0.05, 0.1) is 11.6 Å². The lowest BCUT2D eigenvalue weighted by Crippen LogP contribution is -2.08. The third-order valence-electron chi connectivity index (χ3n) is 2.04. The fourth-order valence-corrected chi connectivity index (χ4v) is 1.55. The second kappa shape index (κ2) is 4.63. The molecule has 0 aliphatic carbocycles. The monoisotopic (exact) mass is 243 g/mol. The summed E-state index contributed by atoms with van der Waals surface area (Å²) in [6.07, 6.45) is 0.935. The molecular weight excluding hydrogens is 230 g/mol. The molecule has 1 atom stereocenters. The largest absolute Gasteiger partial charge is 0.496 e. The number of ether oxygens (including phenoxy) is 1. The lowest BCUT2D eigenvalue weighted by molar-refractivity contribution is 0.411. The minimum absolute atomic E-state index is 0.0991. The molecule has 0 fully saturated rings. The Hall–Kier alpha value is -0.540. The lowest BCUT2D eigenvalue weighted by Gasteiger charge is -2.11. The van der Waals surface area contributed by atoms with E-state index in [2.05, 4.69) is 22.9 Å². The maximum Gasteiger partial charge on any atom is 0.133 e. The van der Waals surface area contributed by atoms with Gasteiger partial charge in [-0.3, -0.25) is 0 Å². The summed E-state index contributed by atoms with van der Waals surface area (Å²) in [5, 5.41) is 0. The quantitative estimate of drug-likeness (QED) is 0.887. The van der Waals surface area contributed by atoms with E-state index in [1.165, 1.54) is 0 Å². The Morgan fingerprint density at radius 2 is 2.23 bits per heavy atom. The Kier molecular flexibility index (Phi) is 3.75. The third kappa shape index (κ3) is 2.45. The van der Waals surface area contributed by atoms with E-state index in [9.17, 15) is 0 Å². The van der Waals surface area contributed by atoms with Gasteiger partial charge in [0.15, 0.2) is 0 Å². The van der Waals surface area contributed by atoms with E-state index in [-0.39, 0.29) is 6.04 Å². The molecule has 0 saturated heterocycles. The molecular formula is C10H14BrNO. The first-order valence-corrected chi connectivity index (χ1v) is 5.07. The van der Waals surface area contributed by atoms with Crippen molar-refractivity contribution < 1.29 is 4.74 Å². The molecule has 0 aliphatic heterocycles. The van der Waals surface area contributed by atoms with Crippen molar-refractivity contribution in [1.82, 2.24) is 0 Å². The molecule has 0 bridgehead atoms. The van der Waals surface area contributed by atoms with E-state index in [0.29, 0.717) is 0 Å². The van der Waals surface area contributed by atoms with Crippen LogP contribution in [-0.4, -0.2) is 7.11 Å². The summed E-state index contributed by atoms with van der Waals surface area (Å²) in [6.45, 7) is 2.07. The molecule has 0 aromatic heterocycles. The summed E-state index contributed by atoms with van der Waals surface area (Å²) in [5.41, 5.74) is 7.01. The predicted octanol–water partition coefficient (Wildman–Crippen LogP) is 2.87. The van der Waals surface area contributed by atoms with Crippen molar-refractivity contribution in [2.75, 3.05) is 7.11 Å². The molecule has 0 heterocycles. The molecule has 1 aromatic rings. The van der Waals surface area contributed by atoms with Gasteiger partial charge in [-0.25, -0.2) is 0 Å². The van der Waals surface area contributed by atoms with Crippen LogP contribution in [0.25, 0.3) is 0 Å². The molecule has 0 radical (unpaired) electrons. The molecule has 1 aromatic carbocycles. The second-order valence-electron chi connectivity index (χ2n) is 2.91. The van der Waals surface area contributed by atoms with Crippen LogP contribution in [-0.2, 0) is 0 Å². The number of methoxy groups -OCH3 is 1. The predicted molar refractivity (Wildman–Crippen MR) is 57.9 cm³/mol. The van der Waals surface area contributed by atoms with Gasteiger partial charge in [-0.05, 0) is 40.0 Å². The van der Waals surface area contributed by atoms with Crippen molar-refractivity contribution in [2.24, 2.45) is 5.73 Å². The van der Waals surface area contributed by atoms with Gasteiger partial charge in [0.2, 0.25) is 0 Å². The van der Waals surface area contributed by atoms with Crippen molar-refractivity contribution >= 4 is 15.9 Å². The average molecular weight is 244 g/mol. The number of rotatable bonds is 3. The van der Waals surface area contributed by atoms with Gasteiger partial charge in [-0.1, -0.05) is 13.0 Å². The fraction of sp³-hybridized carbons (Fsp3) is 0.400. The van der Waals surface area contributed by atoms with Crippen LogP contribution in [0, 0.1) is 0 Å². The zero-order valence-corrected chi connectivity index (χ0v) is 9.47. The Balaban J connectivity index is 2.99. The molecule has 0 amide bonds. The standard InChI is InChI=1S/C10H14BrNO/c1-3-9(12)7-4-5-8(11)10(6-7)13-2/h4-6,9H,3,12H2,1-2H3/t9-/m1/s1. The number of halogens is 1. The molecule has 0 spiro atoms. The van der Waals surface area contributed by atoms with Crippen LogP contribution in [0.5, 0.6) is 5.75 Å². The zero-order valence-electron chi connectivity index (χ0n) is 7.88. The summed E-state index contributed by atoms with van der Waals surface area (Å²) in [4.78, 5) is 0. The van der Waals surface area contributed by atoms with E-state index in [1.54, 1.807) is 7.11 Å². The number of hydrogen-bond acceptors (Lipinski definition) is 2. The molecule has 0 unspecified atom stereocenters. The van der Waals surface area contributed by atoms with Gasteiger partial charge in [0.1, 0.15) is 5.75 Å². The summed E-state index contributed by atoms with van der Waals surface area (Å²) in [6, 6.07) is 6.05. The highest BCUT2D eigenvalue weighted by Crippen LogP contribution is 2.28. The molecule has 0 aliphatic rings. The zero-order chi connectivity index (χ0) is 9.84. The minimum Gasteiger partial charge on any atom is -0.496 e. The van der Waals surface area contributed by atoms with Gasteiger partial charge in [-0.15, -0.1) is 0 Å². The second-order valence-corrected chi connectivity index (χ2v) is 3.76. The van der Waals surface area contributed by atoms with Crippen molar-refractivity contribution in [2.45, 2.75) is 19.4 Å². The van der Waals surface area contributed by atoms with Crippen LogP contribution < -0.4 is 10.5 Å². The molecule has 3 heteroatoms.